The van der Waals surface area contributed by atoms with Gasteiger partial charge in [-0.2, -0.15) is 61.3 Å². The molecule has 0 bridgehead atoms. The molecule has 3 aliphatic heterocycles. The van der Waals surface area contributed by atoms with Crippen LogP contribution in [-0.4, -0.2) is 117 Å². The van der Waals surface area contributed by atoms with Crippen LogP contribution in [0.2, 0.25) is 0 Å². The molecule has 6 rings (SSSR count). The highest BCUT2D eigenvalue weighted by Crippen LogP contribution is 2.29. The van der Waals surface area contributed by atoms with E-state index in [1.54, 1.807) is 0 Å². The van der Waals surface area contributed by atoms with Gasteiger partial charge in [-0.3, -0.25) is 20.7 Å². The average Bonchev–Trinajstić information content (AvgIpc) is 4.12. The van der Waals surface area contributed by atoms with Crippen molar-refractivity contribution < 1.29 is 0 Å². The molecule has 78 heavy (non-hydrogen) atoms. The summed E-state index contributed by atoms with van der Waals surface area (Å²) in [5.74, 6) is 3.04. The summed E-state index contributed by atoms with van der Waals surface area (Å²) in [5, 5.41) is 91.3. The summed E-state index contributed by atoms with van der Waals surface area (Å²) in [5.41, 5.74) is 63.7. The number of rotatable bonds is 6. The van der Waals surface area contributed by atoms with Crippen LogP contribution in [0.1, 0.15) is 125 Å². The summed E-state index contributed by atoms with van der Waals surface area (Å²) < 4.78 is 0. The van der Waals surface area contributed by atoms with E-state index in [-0.39, 0.29) is 56.5 Å². The highest BCUT2D eigenvalue weighted by molar-refractivity contribution is 6.43. The number of hydrazone groups is 1. The van der Waals surface area contributed by atoms with Crippen molar-refractivity contribution in [3.05, 3.63) is 0 Å². The second-order valence-corrected chi connectivity index (χ2v) is 22.8. The van der Waals surface area contributed by atoms with Gasteiger partial charge in [0, 0.05) is 5.54 Å². The summed E-state index contributed by atoms with van der Waals surface area (Å²) in [7, 11) is 0. The second-order valence-electron chi connectivity index (χ2n) is 22.8. The standard InChI is InChI=1S/6C7H14N6/c6*1-7(2,3)13-10-4-5(8)11-12-6(4)9/h3*1-3H3,(H5,8,9,11,12);5,9,13H,8H2,1-3H3;2*4H,1-3H3,(H2,8,11)(H2,9,12). The molecule has 36 nitrogen and oxygen atoms in total. The third-order valence-electron chi connectivity index (χ3n) is 7.68. The Labute approximate surface area is 453 Å². The molecule has 0 aromatic carbocycles. The lowest BCUT2D eigenvalue weighted by molar-refractivity contribution is 0.440. The predicted molar refractivity (Wildman–Crippen MR) is 309 cm³/mol. The fourth-order valence-corrected chi connectivity index (χ4v) is 4.17. The number of aromatic amines is 3. The van der Waals surface area contributed by atoms with E-state index in [2.05, 4.69) is 123 Å². The lowest BCUT2D eigenvalue weighted by Crippen LogP contribution is -2.36. The van der Waals surface area contributed by atoms with Gasteiger partial charge in [-0.25, -0.2) is 0 Å². The van der Waals surface area contributed by atoms with Crippen molar-refractivity contribution in [1.29, 1.82) is 5.41 Å². The molecule has 0 fully saturated rings. The zero-order valence-electron chi connectivity index (χ0n) is 48.0. The monoisotopic (exact) mass is 1090 g/mol. The van der Waals surface area contributed by atoms with Gasteiger partial charge in [0.05, 0.1) is 27.7 Å². The van der Waals surface area contributed by atoms with Crippen molar-refractivity contribution in [2.45, 2.75) is 176 Å². The number of anilines is 6. The van der Waals surface area contributed by atoms with E-state index in [1.807, 2.05) is 125 Å². The minimum atomic E-state index is -0.595. The highest BCUT2D eigenvalue weighted by atomic mass is 15.4. The molecule has 1 atom stereocenters. The largest absolute Gasteiger partial charge is 0.383 e. The van der Waals surface area contributed by atoms with E-state index >= 15 is 0 Å². The molecule has 0 saturated heterocycles. The quantitative estimate of drug-likeness (QED) is 0.110. The molecule has 0 aliphatic carbocycles. The Bertz CT molecular complexity index is 2450. The maximum absolute atomic E-state index is 7.33. The van der Waals surface area contributed by atoms with E-state index in [0.717, 1.165) is 0 Å². The lowest BCUT2D eigenvalue weighted by atomic mass is 10.1. The summed E-state index contributed by atoms with van der Waals surface area (Å²) in [6, 6.07) is -0.946. The molecule has 3 aromatic rings. The summed E-state index contributed by atoms with van der Waals surface area (Å²) in [4.78, 5) is 0. The van der Waals surface area contributed by atoms with Crippen molar-refractivity contribution in [2.75, 3.05) is 34.4 Å². The Kier molecular flexibility index (Phi) is 23.8. The van der Waals surface area contributed by atoms with Gasteiger partial charge < -0.3 is 68.5 Å². The first-order chi connectivity index (χ1) is 35.4. The topological polar surface area (TPSA) is 618 Å². The molecule has 27 N–H and O–H groups in total. The van der Waals surface area contributed by atoms with Gasteiger partial charge in [0.2, 0.25) is 0 Å². The number of nitrogen functional groups attached to an aromatic ring is 6. The van der Waals surface area contributed by atoms with Crippen molar-refractivity contribution in [3.8, 4) is 0 Å². The summed E-state index contributed by atoms with van der Waals surface area (Å²) in [6.45, 7) is 34.9. The number of amidine groups is 5. The van der Waals surface area contributed by atoms with Crippen molar-refractivity contribution in [3.63, 3.8) is 0 Å². The molecule has 6 heterocycles. The van der Waals surface area contributed by atoms with Crippen molar-refractivity contribution in [1.82, 2.24) is 36.0 Å². The maximum atomic E-state index is 7.33. The van der Waals surface area contributed by atoms with E-state index in [4.69, 9.17) is 68.5 Å². The number of hydrogen-bond donors (Lipinski definition) is 16. The number of aromatic nitrogens is 6. The van der Waals surface area contributed by atoms with Crippen LogP contribution in [0.5, 0.6) is 0 Å². The number of nitrogens with one attached hydrogen (secondary N) is 5. The van der Waals surface area contributed by atoms with Crippen LogP contribution in [-0.2, 0) is 0 Å². The van der Waals surface area contributed by atoms with Gasteiger partial charge in [-0.1, -0.05) is 0 Å². The molecule has 0 spiro atoms. The van der Waals surface area contributed by atoms with Crippen LogP contribution in [0.3, 0.4) is 0 Å². The van der Waals surface area contributed by atoms with Crippen molar-refractivity contribution >= 4 is 86.9 Å². The van der Waals surface area contributed by atoms with Crippen LogP contribution in [0.15, 0.2) is 86.9 Å². The number of hydrogen-bond acceptors (Lipinski definition) is 32. The van der Waals surface area contributed by atoms with E-state index in [0.29, 0.717) is 63.6 Å². The molecule has 0 saturated carbocycles. The van der Waals surface area contributed by atoms with Crippen LogP contribution in [0.25, 0.3) is 0 Å². The number of nitrogens with two attached hydrogens (primary N) is 11. The first kappa shape index (κ1) is 67.0. The molecule has 3 aromatic heterocycles. The number of nitrogens with zero attached hydrogens (tertiary/aromatic N) is 20. The Morgan fingerprint density at radius 1 is 0.436 bits per heavy atom. The van der Waals surface area contributed by atoms with E-state index in [9.17, 15) is 0 Å². The minimum Gasteiger partial charge on any atom is -0.383 e. The molecule has 432 valence electrons. The highest BCUT2D eigenvalue weighted by Gasteiger charge is 2.25. The van der Waals surface area contributed by atoms with Crippen molar-refractivity contribution in [2.24, 2.45) is 116 Å². The summed E-state index contributed by atoms with van der Waals surface area (Å²) in [6.07, 6.45) is -0.595. The zero-order valence-corrected chi connectivity index (χ0v) is 48.0. The normalized spacial score (nSPS) is 17.0. The van der Waals surface area contributed by atoms with Gasteiger partial charge in [-0.15, -0.1) is 40.9 Å². The van der Waals surface area contributed by atoms with Gasteiger partial charge in [0.1, 0.15) is 23.2 Å². The van der Waals surface area contributed by atoms with Gasteiger partial charge in [-0.05, 0) is 125 Å². The Morgan fingerprint density at radius 2 is 0.705 bits per heavy atom. The molecule has 3 aliphatic rings. The molecule has 36 heteroatoms. The van der Waals surface area contributed by atoms with E-state index in [1.165, 1.54) is 0 Å². The van der Waals surface area contributed by atoms with Crippen LogP contribution in [0.4, 0.5) is 52.0 Å². The second kappa shape index (κ2) is 27.7. The predicted octanol–water partition coefficient (Wildman–Crippen LogP) is 5.32. The average molecular weight is 1090 g/mol. The minimum absolute atomic E-state index is 0.0317. The van der Waals surface area contributed by atoms with Crippen LogP contribution >= 0.6 is 0 Å². The van der Waals surface area contributed by atoms with E-state index < -0.39 is 18.2 Å². The molecule has 0 amide bonds. The maximum Gasteiger partial charge on any atom is 0.194 e. The zero-order chi connectivity index (χ0) is 60.4. The SMILES string of the molecule is CC(C)(C)N=NC1C(N)=NN=C1N.CC(C)(C)N=NC1C(N)=NN=C1N.CC(C)(C)N=Nc1c(N)n[nH]c1N.CC(C)(C)N=Nc1c(N)n[nH]c1N.CC(C)(C)N=Nc1c(N)n[nH]c1N.CC(C)(C)NN=C1C(=N)N=NC1N. The number of H-pyrrole nitrogens is 3. The fraction of sp³-hybridized carbons (Fsp3) is 0.643. The number of azo groups is 6. The van der Waals surface area contributed by atoms with Gasteiger partial charge in [0.25, 0.3) is 0 Å². The van der Waals surface area contributed by atoms with Crippen LogP contribution in [0, 0.1) is 5.41 Å². The third-order valence-corrected chi connectivity index (χ3v) is 7.68. The first-order valence-corrected chi connectivity index (χ1v) is 23.7. The lowest BCUT2D eigenvalue weighted by Gasteiger charge is -2.18. The molecular weight excluding hydrogens is 1010 g/mol. The molecular formula is C42H84N36. The first-order valence-electron chi connectivity index (χ1n) is 23.7. The molecule has 1 unspecified atom stereocenters. The Morgan fingerprint density at radius 3 is 0.897 bits per heavy atom. The fourth-order valence-electron chi connectivity index (χ4n) is 4.17. The third kappa shape index (κ3) is 26.5. The van der Waals surface area contributed by atoms with Crippen LogP contribution < -0.4 is 68.5 Å². The summed E-state index contributed by atoms with van der Waals surface area (Å²) >= 11 is 0. The van der Waals surface area contributed by atoms with Gasteiger partial charge >= 0.3 is 0 Å². The Hall–Kier alpha value is -8.99. The molecule has 0 radical (unpaired) electrons. The van der Waals surface area contributed by atoms with Gasteiger partial charge in [0.15, 0.2) is 81.9 Å². The Balaban J connectivity index is 0.000000468. The smallest absolute Gasteiger partial charge is 0.194 e.